The zero-order valence-electron chi connectivity index (χ0n) is 19.6. The Hall–Kier alpha value is -3.58. The fourth-order valence-electron chi connectivity index (χ4n) is 3.46. The van der Waals surface area contributed by atoms with Gasteiger partial charge in [0.1, 0.15) is 22.5 Å². The van der Waals surface area contributed by atoms with Crippen molar-refractivity contribution < 1.29 is 22.7 Å². The molecular formula is C25H23F3N4O2S. The molecule has 3 rings (SSSR count). The van der Waals surface area contributed by atoms with E-state index in [1.807, 2.05) is 19.9 Å². The van der Waals surface area contributed by atoms with Crippen molar-refractivity contribution in [3.8, 4) is 11.8 Å². The Labute approximate surface area is 205 Å². The summed E-state index contributed by atoms with van der Waals surface area (Å²) in [6.45, 7) is 5.89. The summed E-state index contributed by atoms with van der Waals surface area (Å²) in [6.07, 6.45) is 0.0354. The highest BCUT2D eigenvalue weighted by Crippen LogP contribution is 2.35. The van der Waals surface area contributed by atoms with Gasteiger partial charge in [0.2, 0.25) is 0 Å². The lowest BCUT2D eigenvalue weighted by atomic mass is 10.1. The lowest BCUT2D eigenvalue weighted by Gasteiger charge is -2.13. The van der Waals surface area contributed by atoms with E-state index in [9.17, 15) is 23.2 Å². The first-order valence-corrected chi connectivity index (χ1v) is 11.6. The topological polar surface area (TPSA) is 80.8 Å². The summed E-state index contributed by atoms with van der Waals surface area (Å²) in [6, 6.07) is 8.08. The summed E-state index contributed by atoms with van der Waals surface area (Å²) in [5.41, 5.74) is 1.97. The van der Waals surface area contributed by atoms with Crippen molar-refractivity contribution in [1.82, 2.24) is 14.8 Å². The van der Waals surface area contributed by atoms with E-state index in [-0.39, 0.29) is 27.7 Å². The number of benzene rings is 1. The quantitative estimate of drug-likeness (QED) is 0.214. The summed E-state index contributed by atoms with van der Waals surface area (Å²) in [7, 11) is 1.49. The Kier molecular flexibility index (Phi) is 8.02. The van der Waals surface area contributed by atoms with E-state index in [0.717, 1.165) is 23.5 Å². The van der Waals surface area contributed by atoms with Crippen LogP contribution in [0.4, 0.5) is 13.2 Å². The van der Waals surface area contributed by atoms with Gasteiger partial charge in [-0.05, 0) is 56.2 Å². The van der Waals surface area contributed by atoms with Gasteiger partial charge in [0.05, 0.1) is 24.4 Å². The summed E-state index contributed by atoms with van der Waals surface area (Å²) >= 11 is 1.02. The van der Waals surface area contributed by atoms with Crippen molar-refractivity contribution in [3.63, 3.8) is 0 Å². The van der Waals surface area contributed by atoms with E-state index in [2.05, 4.69) is 10.1 Å². The number of nitrogens with zero attached hydrogens (tertiary/aromatic N) is 4. The van der Waals surface area contributed by atoms with Gasteiger partial charge < -0.3 is 4.74 Å². The fourth-order valence-corrected chi connectivity index (χ4v) is 4.49. The minimum absolute atomic E-state index is 0.00131. The zero-order chi connectivity index (χ0) is 25.8. The lowest BCUT2D eigenvalue weighted by Crippen LogP contribution is -2.10. The summed E-state index contributed by atoms with van der Waals surface area (Å²) in [4.78, 5) is 16.3. The van der Waals surface area contributed by atoms with Gasteiger partial charge in [-0.1, -0.05) is 12.1 Å². The molecule has 0 saturated carbocycles. The number of carbonyl (C=O) groups is 1. The van der Waals surface area contributed by atoms with Gasteiger partial charge in [0.25, 0.3) is 0 Å². The highest BCUT2D eigenvalue weighted by atomic mass is 32.2. The molecule has 0 aliphatic rings. The molecule has 0 N–H and O–H groups in total. The number of allylic oxidation sites excluding steroid dienone is 1. The van der Waals surface area contributed by atoms with Crippen molar-refractivity contribution in [1.29, 1.82) is 5.26 Å². The van der Waals surface area contributed by atoms with Crippen LogP contribution in [0.25, 0.3) is 6.08 Å². The fraction of sp³-hybridized carbons (Fsp3) is 0.280. The van der Waals surface area contributed by atoms with Crippen LogP contribution in [-0.2, 0) is 18.5 Å². The molecule has 0 fully saturated rings. The van der Waals surface area contributed by atoms with Crippen molar-refractivity contribution in [3.05, 3.63) is 75.7 Å². The summed E-state index contributed by atoms with van der Waals surface area (Å²) in [5.74, 6) is 0.559. The molecule has 1 aromatic carbocycles. The smallest absolute Gasteiger partial charge is 0.433 e. The van der Waals surface area contributed by atoms with E-state index in [1.54, 1.807) is 35.2 Å². The Balaban J connectivity index is 1.86. The number of ketones is 1. The average molecular weight is 501 g/mol. The average Bonchev–Trinajstić information content (AvgIpc) is 3.20. The largest absolute Gasteiger partial charge is 0.496 e. The second-order valence-electron chi connectivity index (χ2n) is 7.63. The summed E-state index contributed by atoms with van der Waals surface area (Å²) in [5, 5.41) is 13.6. The molecule has 2 heterocycles. The monoisotopic (exact) mass is 500 g/mol. The number of nitriles is 1. The van der Waals surface area contributed by atoms with Gasteiger partial charge in [0.15, 0.2) is 5.78 Å². The van der Waals surface area contributed by atoms with E-state index < -0.39 is 11.9 Å². The Morgan fingerprint density at radius 2 is 2.03 bits per heavy atom. The van der Waals surface area contributed by atoms with Crippen molar-refractivity contribution >= 4 is 23.6 Å². The van der Waals surface area contributed by atoms with E-state index in [4.69, 9.17) is 4.74 Å². The second kappa shape index (κ2) is 10.8. The van der Waals surface area contributed by atoms with Crippen LogP contribution >= 0.6 is 11.8 Å². The van der Waals surface area contributed by atoms with Crippen LogP contribution in [0.3, 0.4) is 0 Å². The van der Waals surface area contributed by atoms with Crippen molar-refractivity contribution in [2.24, 2.45) is 0 Å². The molecule has 182 valence electrons. The number of alkyl halides is 3. The van der Waals surface area contributed by atoms with Crippen LogP contribution in [0.1, 0.15) is 50.9 Å². The number of aryl methyl sites for hydroxylation is 2. The van der Waals surface area contributed by atoms with Crippen LogP contribution in [0.2, 0.25) is 0 Å². The molecule has 10 heteroatoms. The first-order chi connectivity index (χ1) is 16.6. The molecule has 0 spiro atoms. The molecule has 3 aromatic rings. The third kappa shape index (κ3) is 5.92. The number of ether oxygens (including phenoxy) is 1. The minimum Gasteiger partial charge on any atom is -0.496 e. The lowest BCUT2D eigenvalue weighted by molar-refractivity contribution is -0.141. The van der Waals surface area contributed by atoms with Gasteiger partial charge in [0, 0.05) is 23.6 Å². The number of methoxy groups -OCH3 is 1. The van der Waals surface area contributed by atoms with Crippen LogP contribution in [0, 0.1) is 25.2 Å². The Morgan fingerprint density at radius 3 is 2.63 bits per heavy atom. The molecular weight excluding hydrogens is 477 g/mol. The standard InChI is InChI=1S/C25H23F3N4O2S/c1-5-32-16(3)20(13-30-32)21(33)8-6-17-7-9-22(34-4)18(11-17)14-35-24-19(12-29)15(2)10-23(31-24)25(26,27)28/h6-11,13H,5,14H2,1-4H3/b8-6+. The third-order valence-corrected chi connectivity index (χ3v) is 6.37. The number of pyridine rings is 1. The normalized spacial score (nSPS) is 11.6. The van der Waals surface area contributed by atoms with Crippen LogP contribution in [0.5, 0.6) is 5.75 Å². The van der Waals surface area contributed by atoms with Crippen LogP contribution in [0.15, 0.2) is 41.6 Å². The van der Waals surface area contributed by atoms with E-state index >= 15 is 0 Å². The second-order valence-corrected chi connectivity index (χ2v) is 8.60. The Morgan fingerprint density at radius 1 is 1.29 bits per heavy atom. The number of aromatic nitrogens is 3. The molecule has 0 saturated heterocycles. The van der Waals surface area contributed by atoms with Crippen molar-refractivity contribution in [2.75, 3.05) is 7.11 Å². The molecule has 0 aliphatic heterocycles. The van der Waals surface area contributed by atoms with Gasteiger partial charge in [-0.2, -0.15) is 23.5 Å². The molecule has 35 heavy (non-hydrogen) atoms. The Bertz CT molecular complexity index is 1320. The van der Waals surface area contributed by atoms with Crippen LogP contribution < -0.4 is 4.74 Å². The van der Waals surface area contributed by atoms with Crippen LogP contribution in [-0.4, -0.2) is 27.7 Å². The number of carbonyl (C=O) groups excluding carboxylic acids is 1. The van der Waals surface area contributed by atoms with E-state index in [1.165, 1.54) is 20.1 Å². The van der Waals surface area contributed by atoms with Gasteiger partial charge in [-0.3, -0.25) is 9.48 Å². The molecule has 2 aromatic heterocycles. The first kappa shape index (κ1) is 26.0. The molecule has 0 unspecified atom stereocenters. The molecule has 0 aliphatic carbocycles. The van der Waals surface area contributed by atoms with Gasteiger partial charge in [-0.15, -0.1) is 11.8 Å². The number of hydrogen-bond donors (Lipinski definition) is 0. The maximum absolute atomic E-state index is 13.2. The molecule has 0 radical (unpaired) electrons. The van der Waals surface area contributed by atoms with E-state index in [0.29, 0.717) is 29.0 Å². The molecule has 0 amide bonds. The number of rotatable bonds is 8. The first-order valence-electron chi connectivity index (χ1n) is 10.6. The maximum atomic E-state index is 13.2. The zero-order valence-corrected chi connectivity index (χ0v) is 20.4. The third-order valence-electron chi connectivity index (χ3n) is 5.35. The SMILES string of the molecule is CCn1ncc(C(=O)/C=C/c2ccc(OC)c(CSc3nc(C(F)(F)F)cc(C)c3C#N)c2)c1C. The molecule has 0 bridgehead atoms. The van der Waals surface area contributed by atoms with Crippen molar-refractivity contribution in [2.45, 2.75) is 44.3 Å². The molecule has 0 atom stereocenters. The molecule has 6 nitrogen and oxygen atoms in total. The maximum Gasteiger partial charge on any atom is 0.433 e. The number of hydrogen-bond acceptors (Lipinski definition) is 6. The van der Waals surface area contributed by atoms with Gasteiger partial charge in [-0.25, -0.2) is 4.98 Å². The predicted octanol–water partition coefficient (Wildman–Crippen LogP) is 6.00. The predicted molar refractivity (Wildman–Crippen MR) is 127 cm³/mol. The highest BCUT2D eigenvalue weighted by molar-refractivity contribution is 7.98. The number of thioether (sulfide) groups is 1. The minimum atomic E-state index is -4.62. The van der Waals surface area contributed by atoms with Gasteiger partial charge >= 0.3 is 6.18 Å². The number of halogens is 3. The summed E-state index contributed by atoms with van der Waals surface area (Å²) < 4.78 is 46.8. The highest BCUT2D eigenvalue weighted by Gasteiger charge is 2.34.